The average molecular weight is 363 g/mol. The van der Waals surface area contributed by atoms with Crippen molar-refractivity contribution in [1.29, 1.82) is 0 Å². The molecule has 1 amide bonds. The van der Waals surface area contributed by atoms with E-state index in [1.54, 1.807) is 7.11 Å². The first-order valence-corrected chi connectivity index (χ1v) is 9.20. The number of likely N-dealkylation sites (tertiary alicyclic amines) is 1. The Kier molecular flexibility index (Phi) is 6.09. The smallest absolute Gasteiger partial charge is 0.265 e. The summed E-state index contributed by atoms with van der Waals surface area (Å²) in [6, 6.07) is 7.70. The zero-order valence-corrected chi connectivity index (χ0v) is 15.4. The Morgan fingerprint density at radius 1 is 1.32 bits per heavy atom. The van der Waals surface area contributed by atoms with E-state index in [1.807, 2.05) is 34.1 Å². The van der Waals surface area contributed by atoms with Crippen LogP contribution in [0, 0.1) is 0 Å². The third-order valence-electron chi connectivity index (χ3n) is 4.54. The van der Waals surface area contributed by atoms with E-state index in [0.717, 1.165) is 31.6 Å². The first-order valence-electron chi connectivity index (χ1n) is 8.79. The van der Waals surface area contributed by atoms with Crippen LogP contribution in [0.15, 0.2) is 24.3 Å². The van der Waals surface area contributed by atoms with Crippen molar-refractivity contribution in [2.75, 3.05) is 44.8 Å². The number of carbonyl (C=O) groups excluding carboxylic acids is 1. The highest BCUT2D eigenvalue weighted by molar-refractivity contribution is 7.80. The molecule has 6 nitrogen and oxygen atoms in total. The van der Waals surface area contributed by atoms with Gasteiger partial charge in [-0.15, -0.1) is 0 Å². The van der Waals surface area contributed by atoms with Gasteiger partial charge < -0.3 is 24.6 Å². The van der Waals surface area contributed by atoms with Crippen LogP contribution in [0.5, 0.6) is 5.75 Å². The first kappa shape index (κ1) is 17.9. The van der Waals surface area contributed by atoms with E-state index in [0.29, 0.717) is 30.6 Å². The van der Waals surface area contributed by atoms with Gasteiger partial charge in [-0.1, -0.05) is 12.1 Å². The average Bonchev–Trinajstić information content (AvgIpc) is 2.67. The predicted molar refractivity (Wildman–Crippen MR) is 101 cm³/mol. The Morgan fingerprint density at radius 2 is 2.08 bits per heavy atom. The topological polar surface area (TPSA) is 54.0 Å². The number of hydrogen-bond donors (Lipinski definition) is 1. The second-order valence-electron chi connectivity index (χ2n) is 6.30. The number of amides is 1. The van der Waals surface area contributed by atoms with Crippen molar-refractivity contribution >= 4 is 28.9 Å². The fraction of sp³-hybridized carbons (Fsp3) is 0.556. The molecule has 136 valence electrons. The lowest BCUT2D eigenvalue weighted by Crippen LogP contribution is -2.54. The standard InChI is InChI=1S/C18H25N3O3S/c1-23-12-9-19-18(25)21-13-16(17(22)20-10-5-2-6-11-20)24-15-8-4-3-7-14(15)21/h3-4,7-8,16H,2,5-6,9-13H2,1H3,(H,19,25)/t16-/m0/s1. The molecule has 2 heterocycles. The van der Waals surface area contributed by atoms with Gasteiger partial charge in [-0.25, -0.2) is 0 Å². The second kappa shape index (κ2) is 8.49. The van der Waals surface area contributed by atoms with Gasteiger partial charge in [0.05, 0.1) is 18.8 Å². The Morgan fingerprint density at radius 3 is 2.84 bits per heavy atom. The molecule has 7 heteroatoms. The third kappa shape index (κ3) is 4.22. The van der Waals surface area contributed by atoms with Crippen LogP contribution >= 0.6 is 12.2 Å². The van der Waals surface area contributed by atoms with Gasteiger partial charge in [-0.05, 0) is 43.6 Å². The summed E-state index contributed by atoms with van der Waals surface area (Å²) in [5.41, 5.74) is 0.889. The number of methoxy groups -OCH3 is 1. The zero-order chi connectivity index (χ0) is 17.6. The lowest BCUT2D eigenvalue weighted by Gasteiger charge is -2.38. The zero-order valence-electron chi connectivity index (χ0n) is 14.6. The van der Waals surface area contributed by atoms with Gasteiger partial charge in [0.15, 0.2) is 11.2 Å². The van der Waals surface area contributed by atoms with Crippen LogP contribution in [-0.2, 0) is 9.53 Å². The minimum absolute atomic E-state index is 0.0545. The fourth-order valence-corrected chi connectivity index (χ4v) is 3.50. The van der Waals surface area contributed by atoms with E-state index in [-0.39, 0.29) is 5.91 Å². The van der Waals surface area contributed by atoms with Crippen molar-refractivity contribution in [3.8, 4) is 5.75 Å². The Hall–Kier alpha value is -1.86. The van der Waals surface area contributed by atoms with Gasteiger partial charge in [-0.2, -0.15) is 0 Å². The summed E-state index contributed by atoms with van der Waals surface area (Å²) in [5, 5.41) is 3.77. The Balaban J connectivity index is 1.75. The molecule has 2 aliphatic heterocycles. The highest BCUT2D eigenvalue weighted by atomic mass is 32.1. The molecule has 0 spiro atoms. The van der Waals surface area contributed by atoms with Crippen molar-refractivity contribution in [3.05, 3.63) is 24.3 Å². The second-order valence-corrected chi connectivity index (χ2v) is 6.68. The van der Waals surface area contributed by atoms with E-state index >= 15 is 0 Å². The maximum absolute atomic E-state index is 12.9. The molecule has 3 rings (SSSR count). The summed E-state index contributed by atoms with van der Waals surface area (Å²) in [6.07, 6.45) is 2.79. The van der Waals surface area contributed by atoms with Gasteiger partial charge in [0.1, 0.15) is 5.75 Å². The Bertz CT molecular complexity index is 619. The molecular weight excluding hydrogens is 338 g/mol. The normalized spacial score (nSPS) is 19.8. The summed E-state index contributed by atoms with van der Waals surface area (Å²) < 4.78 is 11.1. The highest BCUT2D eigenvalue weighted by Crippen LogP contribution is 2.33. The molecule has 1 N–H and O–H groups in total. The molecule has 2 aliphatic rings. The van der Waals surface area contributed by atoms with Crippen LogP contribution < -0.4 is 15.0 Å². The number of thiocarbonyl (C=S) groups is 1. The fourth-order valence-electron chi connectivity index (χ4n) is 3.23. The minimum atomic E-state index is -0.532. The number of carbonyl (C=O) groups is 1. The summed E-state index contributed by atoms with van der Waals surface area (Å²) in [5.74, 6) is 0.749. The first-order chi connectivity index (χ1) is 12.2. The molecule has 1 atom stereocenters. The number of fused-ring (bicyclic) bond motifs is 1. The van der Waals surface area contributed by atoms with Crippen molar-refractivity contribution in [1.82, 2.24) is 10.2 Å². The van der Waals surface area contributed by atoms with Crippen LogP contribution in [0.25, 0.3) is 0 Å². The van der Waals surface area contributed by atoms with Crippen LogP contribution in [0.3, 0.4) is 0 Å². The summed E-state index contributed by atoms with van der Waals surface area (Å²) in [6.45, 7) is 3.25. The third-order valence-corrected chi connectivity index (χ3v) is 4.91. The predicted octanol–water partition coefficient (Wildman–Crippen LogP) is 1.79. The van der Waals surface area contributed by atoms with Crippen molar-refractivity contribution < 1.29 is 14.3 Å². The van der Waals surface area contributed by atoms with Crippen LogP contribution in [0.1, 0.15) is 19.3 Å². The van der Waals surface area contributed by atoms with Gasteiger partial charge in [0.2, 0.25) is 0 Å². The van der Waals surface area contributed by atoms with E-state index in [2.05, 4.69) is 5.32 Å². The molecule has 1 aromatic carbocycles. The molecule has 0 unspecified atom stereocenters. The van der Waals surface area contributed by atoms with E-state index in [4.69, 9.17) is 21.7 Å². The molecule has 25 heavy (non-hydrogen) atoms. The number of anilines is 1. The maximum Gasteiger partial charge on any atom is 0.265 e. The van der Waals surface area contributed by atoms with E-state index in [1.165, 1.54) is 6.42 Å². The SMILES string of the molecule is COCCNC(=S)N1C[C@@H](C(=O)N2CCCCC2)Oc2ccccc21. The molecule has 0 radical (unpaired) electrons. The number of nitrogens with zero attached hydrogens (tertiary/aromatic N) is 2. The maximum atomic E-state index is 12.9. The summed E-state index contributed by atoms with van der Waals surface area (Å²) in [4.78, 5) is 16.8. The van der Waals surface area contributed by atoms with Crippen LogP contribution in [0.4, 0.5) is 5.69 Å². The van der Waals surface area contributed by atoms with Crippen LogP contribution in [-0.4, -0.2) is 61.9 Å². The molecule has 0 saturated carbocycles. The lowest BCUT2D eigenvalue weighted by atomic mass is 10.1. The van der Waals surface area contributed by atoms with Gasteiger partial charge >= 0.3 is 0 Å². The van der Waals surface area contributed by atoms with Crippen molar-refractivity contribution in [3.63, 3.8) is 0 Å². The van der Waals surface area contributed by atoms with Gasteiger partial charge in [0, 0.05) is 26.7 Å². The van der Waals surface area contributed by atoms with Crippen molar-refractivity contribution in [2.45, 2.75) is 25.4 Å². The lowest BCUT2D eigenvalue weighted by molar-refractivity contribution is -0.139. The van der Waals surface area contributed by atoms with E-state index < -0.39 is 6.10 Å². The van der Waals surface area contributed by atoms with Gasteiger partial charge in [-0.3, -0.25) is 4.79 Å². The number of ether oxygens (including phenoxy) is 2. The Labute approximate surface area is 154 Å². The number of piperidine rings is 1. The van der Waals surface area contributed by atoms with Crippen LogP contribution in [0.2, 0.25) is 0 Å². The number of para-hydroxylation sites is 2. The minimum Gasteiger partial charge on any atom is -0.476 e. The largest absolute Gasteiger partial charge is 0.476 e. The molecule has 0 bridgehead atoms. The monoisotopic (exact) mass is 363 g/mol. The summed E-state index contributed by atoms with van der Waals surface area (Å²) >= 11 is 5.54. The number of rotatable bonds is 4. The molecular formula is C18H25N3O3S. The molecule has 1 fully saturated rings. The number of hydrogen-bond acceptors (Lipinski definition) is 4. The number of benzene rings is 1. The molecule has 1 saturated heterocycles. The highest BCUT2D eigenvalue weighted by Gasteiger charge is 2.35. The number of nitrogens with one attached hydrogen (secondary N) is 1. The molecule has 1 aromatic rings. The molecule has 0 aliphatic carbocycles. The quantitative estimate of drug-likeness (QED) is 0.650. The van der Waals surface area contributed by atoms with E-state index in [9.17, 15) is 4.79 Å². The molecule has 0 aromatic heterocycles. The van der Waals surface area contributed by atoms with Crippen molar-refractivity contribution in [2.24, 2.45) is 0 Å². The summed E-state index contributed by atoms with van der Waals surface area (Å²) in [7, 11) is 1.65. The van der Waals surface area contributed by atoms with Gasteiger partial charge in [0.25, 0.3) is 5.91 Å².